The van der Waals surface area contributed by atoms with E-state index in [1.165, 1.54) is 58.2 Å². The van der Waals surface area contributed by atoms with Crippen molar-refractivity contribution in [3.63, 3.8) is 0 Å². The molecule has 1 rings (SSSR count). The monoisotopic (exact) mass is 240 g/mol. The number of hydrogen-bond donors (Lipinski definition) is 1. The third-order valence-electron chi connectivity index (χ3n) is 3.72. The molecule has 2 nitrogen and oxygen atoms in total. The predicted molar refractivity (Wildman–Crippen MR) is 76.4 cm³/mol. The minimum Gasteiger partial charge on any atom is -0.315 e. The van der Waals surface area contributed by atoms with Gasteiger partial charge in [0, 0.05) is 19.1 Å². The number of rotatable bonds is 11. The first kappa shape index (κ1) is 15.0. The molecule has 1 unspecified atom stereocenters. The fourth-order valence-corrected chi connectivity index (χ4v) is 2.35. The molecule has 102 valence electrons. The van der Waals surface area contributed by atoms with Gasteiger partial charge in [-0.15, -0.1) is 0 Å². The van der Waals surface area contributed by atoms with E-state index in [0.717, 1.165) is 12.5 Å². The molecule has 1 fully saturated rings. The summed E-state index contributed by atoms with van der Waals surface area (Å²) in [5.41, 5.74) is 0. The molecule has 2 heteroatoms. The van der Waals surface area contributed by atoms with E-state index in [1.807, 2.05) is 0 Å². The Morgan fingerprint density at radius 3 is 2.53 bits per heavy atom. The summed E-state index contributed by atoms with van der Waals surface area (Å²) in [6.07, 6.45) is 8.24. The first-order chi connectivity index (χ1) is 8.27. The van der Waals surface area contributed by atoms with Gasteiger partial charge in [0.1, 0.15) is 0 Å². The van der Waals surface area contributed by atoms with Crippen LogP contribution in [0.5, 0.6) is 0 Å². The van der Waals surface area contributed by atoms with Crippen LogP contribution in [0.3, 0.4) is 0 Å². The lowest BCUT2D eigenvalue weighted by Crippen LogP contribution is -2.42. The van der Waals surface area contributed by atoms with Crippen LogP contribution in [0.25, 0.3) is 0 Å². The average Bonchev–Trinajstić information content (AvgIpc) is 3.12. The molecule has 1 atom stereocenters. The van der Waals surface area contributed by atoms with Crippen LogP contribution in [0.15, 0.2) is 0 Å². The van der Waals surface area contributed by atoms with E-state index in [9.17, 15) is 0 Å². The zero-order valence-electron chi connectivity index (χ0n) is 12.2. The molecule has 0 spiro atoms. The molecule has 1 saturated carbocycles. The van der Waals surface area contributed by atoms with E-state index >= 15 is 0 Å². The summed E-state index contributed by atoms with van der Waals surface area (Å²) in [5, 5.41) is 3.61. The second-order valence-electron chi connectivity index (χ2n) is 5.70. The number of hydrogen-bond acceptors (Lipinski definition) is 2. The van der Waals surface area contributed by atoms with Crippen molar-refractivity contribution in [1.29, 1.82) is 0 Å². The van der Waals surface area contributed by atoms with Crippen LogP contribution < -0.4 is 5.32 Å². The van der Waals surface area contributed by atoms with Gasteiger partial charge in [0.15, 0.2) is 0 Å². The molecule has 0 bridgehead atoms. The molecule has 0 aromatic rings. The summed E-state index contributed by atoms with van der Waals surface area (Å²) in [6.45, 7) is 11.9. The maximum atomic E-state index is 3.61. The summed E-state index contributed by atoms with van der Waals surface area (Å²) in [4.78, 5) is 2.69. The van der Waals surface area contributed by atoms with E-state index in [0.29, 0.717) is 6.04 Å². The first-order valence-corrected chi connectivity index (χ1v) is 7.72. The van der Waals surface area contributed by atoms with Crippen LogP contribution in [0.4, 0.5) is 0 Å². The molecule has 0 aromatic heterocycles. The quantitative estimate of drug-likeness (QED) is 0.558. The van der Waals surface area contributed by atoms with Crippen LogP contribution in [0.2, 0.25) is 0 Å². The van der Waals surface area contributed by atoms with Gasteiger partial charge in [0.05, 0.1) is 0 Å². The highest BCUT2D eigenvalue weighted by molar-refractivity contribution is 4.80. The molecule has 1 aliphatic carbocycles. The lowest BCUT2D eigenvalue weighted by atomic mass is 10.2. The third-order valence-corrected chi connectivity index (χ3v) is 3.72. The maximum absolute atomic E-state index is 3.61. The minimum absolute atomic E-state index is 0.706. The summed E-state index contributed by atoms with van der Waals surface area (Å²) in [6, 6.07) is 0.706. The van der Waals surface area contributed by atoms with Gasteiger partial charge in [-0.3, -0.25) is 4.90 Å². The van der Waals surface area contributed by atoms with Crippen LogP contribution in [0, 0.1) is 5.92 Å². The Balaban J connectivity index is 2.09. The van der Waals surface area contributed by atoms with E-state index in [-0.39, 0.29) is 0 Å². The zero-order valence-corrected chi connectivity index (χ0v) is 12.2. The van der Waals surface area contributed by atoms with Gasteiger partial charge < -0.3 is 5.32 Å². The smallest absolute Gasteiger partial charge is 0.0192 e. The van der Waals surface area contributed by atoms with Crippen molar-refractivity contribution in [2.45, 2.75) is 65.3 Å². The molecule has 0 saturated heterocycles. The van der Waals surface area contributed by atoms with Gasteiger partial charge in [-0.25, -0.2) is 0 Å². The van der Waals surface area contributed by atoms with Gasteiger partial charge >= 0.3 is 0 Å². The SMILES string of the molecule is CCCCCNCC(C)N(CCC)CC1CC1. The van der Waals surface area contributed by atoms with Crippen molar-refractivity contribution in [3.8, 4) is 0 Å². The Morgan fingerprint density at radius 1 is 1.18 bits per heavy atom. The molecule has 1 N–H and O–H groups in total. The average molecular weight is 240 g/mol. The Bertz CT molecular complexity index is 178. The van der Waals surface area contributed by atoms with Crippen molar-refractivity contribution >= 4 is 0 Å². The number of nitrogens with one attached hydrogen (secondary N) is 1. The van der Waals surface area contributed by atoms with Crippen molar-refractivity contribution in [1.82, 2.24) is 10.2 Å². The molecule has 0 aromatic carbocycles. The van der Waals surface area contributed by atoms with Crippen LogP contribution in [-0.4, -0.2) is 37.1 Å². The summed E-state index contributed by atoms with van der Waals surface area (Å²) in [5.74, 6) is 1.02. The second-order valence-corrected chi connectivity index (χ2v) is 5.70. The molecule has 0 radical (unpaired) electrons. The Kier molecular flexibility index (Phi) is 7.87. The van der Waals surface area contributed by atoms with Gasteiger partial charge in [-0.2, -0.15) is 0 Å². The van der Waals surface area contributed by atoms with Gasteiger partial charge in [-0.1, -0.05) is 26.7 Å². The fourth-order valence-electron chi connectivity index (χ4n) is 2.35. The van der Waals surface area contributed by atoms with Gasteiger partial charge in [-0.05, 0) is 51.6 Å². The molecule has 0 aliphatic heterocycles. The molecule has 0 heterocycles. The van der Waals surface area contributed by atoms with Crippen LogP contribution in [0.1, 0.15) is 59.3 Å². The Morgan fingerprint density at radius 2 is 1.94 bits per heavy atom. The van der Waals surface area contributed by atoms with E-state index < -0.39 is 0 Å². The van der Waals surface area contributed by atoms with Crippen molar-refractivity contribution < 1.29 is 0 Å². The fraction of sp³-hybridized carbons (Fsp3) is 1.00. The molecule has 17 heavy (non-hydrogen) atoms. The molecular formula is C15H32N2. The van der Waals surface area contributed by atoms with Crippen LogP contribution >= 0.6 is 0 Å². The van der Waals surface area contributed by atoms with E-state index in [1.54, 1.807) is 0 Å². The maximum Gasteiger partial charge on any atom is 0.0192 e. The number of unbranched alkanes of at least 4 members (excludes halogenated alkanes) is 2. The number of nitrogens with zero attached hydrogens (tertiary/aromatic N) is 1. The zero-order chi connectivity index (χ0) is 12.5. The molecule has 0 amide bonds. The Hall–Kier alpha value is -0.0800. The van der Waals surface area contributed by atoms with Gasteiger partial charge in [0.2, 0.25) is 0 Å². The van der Waals surface area contributed by atoms with E-state index in [2.05, 4.69) is 31.0 Å². The summed E-state index contributed by atoms with van der Waals surface area (Å²) >= 11 is 0. The van der Waals surface area contributed by atoms with Crippen LogP contribution in [-0.2, 0) is 0 Å². The predicted octanol–water partition coefficient (Wildman–Crippen LogP) is 3.28. The highest BCUT2D eigenvalue weighted by Gasteiger charge is 2.25. The molecule has 1 aliphatic rings. The van der Waals surface area contributed by atoms with E-state index in [4.69, 9.17) is 0 Å². The summed E-state index contributed by atoms with van der Waals surface area (Å²) < 4.78 is 0. The van der Waals surface area contributed by atoms with Crippen molar-refractivity contribution in [2.24, 2.45) is 5.92 Å². The van der Waals surface area contributed by atoms with Crippen molar-refractivity contribution in [3.05, 3.63) is 0 Å². The lowest BCUT2D eigenvalue weighted by molar-refractivity contribution is 0.196. The topological polar surface area (TPSA) is 15.3 Å². The Labute approximate surface area is 108 Å². The highest BCUT2D eigenvalue weighted by atomic mass is 15.2. The van der Waals surface area contributed by atoms with Gasteiger partial charge in [0.25, 0.3) is 0 Å². The molecular weight excluding hydrogens is 208 g/mol. The summed E-state index contributed by atoms with van der Waals surface area (Å²) in [7, 11) is 0. The standard InChI is InChI=1S/C15H32N2/c1-4-6-7-10-16-12-14(3)17(11-5-2)13-15-8-9-15/h14-16H,4-13H2,1-3H3. The normalized spacial score (nSPS) is 17.6. The minimum atomic E-state index is 0.706. The second kappa shape index (κ2) is 8.93. The first-order valence-electron chi connectivity index (χ1n) is 7.72. The van der Waals surface area contributed by atoms with Crippen molar-refractivity contribution in [2.75, 3.05) is 26.2 Å². The largest absolute Gasteiger partial charge is 0.315 e. The highest BCUT2D eigenvalue weighted by Crippen LogP contribution is 2.30. The third kappa shape index (κ3) is 7.05. The lowest BCUT2D eigenvalue weighted by Gasteiger charge is -2.29.